The third-order valence-corrected chi connectivity index (χ3v) is 4.90. The average Bonchev–Trinajstić information content (AvgIpc) is 2.49. The van der Waals surface area contributed by atoms with Crippen molar-refractivity contribution in [2.45, 2.75) is 6.92 Å². The van der Waals surface area contributed by atoms with Crippen LogP contribution >= 0.6 is 34.2 Å². The maximum Gasteiger partial charge on any atom is 0.195 e. The van der Waals surface area contributed by atoms with E-state index in [9.17, 15) is 4.79 Å². The van der Waals surface area contributed by atoms with Crippen LogP contribution in [-0.4, -0.2) is 20.0 Å². The molecule has 0 radical (unpaired) electrons. The van der Waals surface area contributed by atoms with E-state index >= 15 is 0 Å². The van der Waals surface area contributed by atoms with Gasteiger partial charge in [-0.15, -0.1) is 0 Å². The molecule has 0 aliphatic rings. The van der Waals surface area contributed by atoms with Crippen LogP contribution < -0.4 is 9.47 Å². The molecule has 0 heterocycles. The van der Waals surface area contributed by atoms with Crippen molar-refractivity contribution in [2.75, 3.05) is 14.2 Å². The Kier molecular flexibility index (Phi) is 5.11. The predicted octanol–water partition coefficient (Wildman–Crippen LogP) is 4.50. The highest BCUT2D eigenvalue weighted by Crippen LogP contribution is 2.34. The first-order chi connectivity index (χ1) is 9.99. The Morgan fingerprint density at radius 2 is 1.71 bits per heavy atom. The number of ether oxygens (including phenoxy) is 2. The molecule has 0 fully saturated rings. The Morgan fingerprint density at radius 3 is 2.33 bits per heavy atom. The summed E-state index contributed by atoms with van der Waals surface area (Å²) in [6.45, 7) is 1.97. The van der Waals surface area contributed by atoms with Gasteiger partial charge in [-0.05, 0) is 47.2 Å². The molecule has 0 aliphatic carbocycles. The Bertz CT molecular complexity index is 698. The second kappa shape index (κ2) is 6.66. The van der Waals surface area contributed by atoms with Gasteiger partial charge in [0.05, 0.1) is 19.2 Å². The van der Waals surface area contributed by atoms with Gasteiger partial charge in [0, 0.05) is 20.8 Å². The van der Waals surface area contributed by atoms with Crippen LogP contribution in [0, 0.1) is 10.5 Å². The topological polar surface area (TPSA) is 35.5 Å². The summed E-state index contributed by atoms with van der Waals surface area (Å²) in [6.07, 6.45) is 0. The second-order valence-electron chi connectivity index (χ2n) is 4.45. The molecule has 2 aromatic rings. The fourth-order valence-corrected chi connectivity index (χ4v) is 2.84. The van der Waals surface area contributed by atoms with Crippen molar-refractivity contribution in [2.24, 2.45) is 0 Å². The zero-order valence-corrected chi connectivity index (χ0v) is 14.8. The summed E-state index contributed by atoms with van der Waals surface area (Å²) in [5.41, 5.74) is 2.08. The molecule has 0 amide bonds. The number of rotatable bonds is 4. The van der Waals surface area contributed by atoms with E-state index in [2.05, 4.69) is 22.6 Å². The van der Waals surface area contributed by atoms with Gasteiger partial charge in [0.1, 0.15) is 0 Å². The van der Waals surface area contributed by atoms with Crippen LogP contribution in [0.3, 0.4) is 0 Å². The van der Waals surface area contributed by atoms with Gasteiger partial charge in [0.25, 0.3) is 0 Å². The molecular weight excluding hydrogens is 403 g/mol. The van der Waals surface area contributed by atoms with Gasteiger partial charge in [0.15, 0.2) is 17.3 Å². The summed E-state index contributed by atoms with van der Waals surface area (Å²) in [4.78, 5) is 12.7. The Labute approximate surface area is 142 Å². The third kappa shape index (κ3) is 3.16. The minimum Gasteiger partial charge on any atom is -0.493 e. The van der Waals surface area contributed by atoms with E-state index in [1.54, 1.807) is 18.2 Å². The molecule has 2 aromatic carbocycles. The molecule has 0 aliphatic heterocycles. The van der Waals surface area contributed by atoms with Crippen molar-refractivity contribution in [3.8, 4) is 11.5 Å². The fourth-order valence-electron chi connectivity index (χ4n) is 2.00. The van der Waals surface area contributed by atoms with E-state index in [1.807, 2.05) is 19.1 Å². The smallest absolute Gasteiger partial charge is 0.195 e. The number of halogens is 2. The summed E-state index contributed by atoms with van der Waals surface area (Å²) in [6, 6.07) is 8.83. The largest absolute Gasteiger partial charge is 0.493 e. The first-order valence-corrected chi connectivity index (χ1v) is 7.66. The molecule has 0 unspecified atom stereocenters. The zero-order valence-electron chi connectivity index (χ0n) is 11.9. The maximum atomic E-state index is 12.7. The standard InChI is InChI=1S/C16H14ClIO3/c1-9-5-4-6-10(15(9)18)16(19)11-7-13(20-2)14(21-3)8-12(11)17/h4-8H,1-3H3. The van der Waals surface area contributed by atoms with Gasteiger partial charge < -0.3 is 9.47 Å². The van der Waals surface area contributed by atoms with Crippen LogP contribution in [0.2, 0.25) is 5.02 Å². The van der Waals surface area contributed by atoms with Gasteiger partial charge in [0.2, 0.25) is 0 Å². The molecule has 2 rings (SSSR count). The van der Waals surface area contributed by atoms with Gasteiger partial charge in [-0.25, -0.2) is 0 Å². The van der Waals surface area contributed by atoms with Gasteiger partial charge in [-0.3, -0.25) is 4.79 Å². The van der Waals surface area contributed by atoms with Crippen LogP contribution in [0.25, 0.3) is 0 Å². The van der Waals surface area contributed by atoms with Crippen LogP contribution in [0.4, 0.5) is 0 Å². The van der Waals surface area contributed by atoms with Gasteiger partial charge >= 0.3 is 0 Å². The lowest BCUT2D eigenvalue weighted by Gasteiger charge is -2.12. The molecule has 0 N–H and O–H groups in total. The highest BCUT2D eigenvalue weighted by Gasteiger charge is 2.19. The predicted molar refractivity (Wildman–Crippen MR) is 91.9 cm³/mol. The molecular formula is C16H14ClIO3. The highest BCUT2D eigenvalue weighted by molar-refractivity contribution is 14.1. The second-order valence-corrected chi connectivity index (χ2v) is 5.94. The third-order valence-electron chi connectivity index (χ3n) is 3.15. The molecule has 21 heavy (non-hydrogen) atoms. The monoisotopic (exact) mass is 416 g/mol. The lowest BCUT2D eigenvalue weighted by atomic mass is 10.0. The van der Waals surface area contributed by atoms with Gasteiger partial charge in [-0.1, -0.05) is 23.7 Å². The van der Waals surface area contributed by atoms with E-state index in [1.165, 1.54) is 14.2 Å². The molecule has 0 saturated carbocycles. The number of aryl methyl sites for hydroxylation is 1. The summed E-state index contributed by atoms with van der Waals surface area (Å²) in [5, 5.41) is 0.343. The van der Waals surface area contributed by atoms with Crippen molar-refractivity contribution in [3.05, 3.63) is 55.6 Å². The highest BCUT2D eigenvalue weighted by atomic mass is 127. The van der Waals surface area contributed by atoms with Gasteiger partial charge in [-0.2, -0.15) is 0 Å². The number of carbonyl (C=O) groups excluding carboxylic acids is 1. The number of methoxy groups -OCH3 is 2. The SMILES string of the molecule is COc1cc(Cl)c(C(=O)c2cccc(C)c2I)cc1OC. The Morgan fingerprint density at radius 1 is 1.10 bits per heavy atom. The lowest BCUT2D eigenvalue weighted by Crippen LogP contribution is -2.06. The number of benzene rings is 2. The van der Waals surface area contributed by atoms with Crippen molar-refractivity contribution in [1.82, 2.24) is 0 Å². The maximum absolute atomic E-state index is 12.7. The summed E-state index contributed by atoms with van der Waals surface area (Å²) < 4.78 is 11.3. The van der Waals surface area contributed by atoms with Crippen LogP contribution in [0.1, 0.15) is 21.5 Å². The lowest BCUT2D eigenvalue weighted by molar-refractivity contribution is 0.103. The summed E-state index contributed by atoms with van der Waals surface area (Å²) >= 11 is 8.39. The van der Waals surface area contributed by atoms with E-state index in [0.717, 1.165) is 9.13 Å². The van der Waals surface area contributed by atoms with Crippen molar-refractivity contribution in [1.29, 1.82) is 0 Å². The molecule has 0 saturated heterocycles. The average molecular weight is 417 g/mol. The van der Waals surface area contributed by atoms with E-state index < -0.39 is 0 Å². The van der Waals surface area contributed by atoms with E-state index in [0.29, 0.717) is 27.6 Å². The Balaban J connectivity index is 2.56. The van der Waals surface area contributed by atoms with Crippen molar-refractivity contribution >= 4 is 40.0 Å². The summed E-state index contributed by atoms with van der Waals surface area (Å²) in [7, 11) is 3.05. The number of hydrogen-bond donors (Lipinski definition) is 0. The van der Waals surface area contributed by atoms with E-state index in [4.69, 9.17) is 21.1 Å². The first kappa shape index (κ1) is 16.1. The normalized spacial score (nSPS) is 10.3. The first-order valence-electron chi connectivity index (χ1n) is 6.21. The van der Waals surface area contributed by atoms with Crippen LogP contribution in [0.15, 0.2) is 30.3 Å². The van der Waals surface area contributed by atoms with Crippen molar-refractivity contribution in [3.63, 3.8) is 0 Å². The molecule has 0 aromatic heterocycles. The van der Waals surface area contributed by atoms with Crippen molar-refractivity contribution < 1.29 is 14.3 Å². The number of carbonyl (C=O) groups is 1. The van der Waals surface area contributed by atoms with Crippen LogP contribution in [0.5, 0.6) is 11.5 Å². The molecule has 3 nitrogen and oxygen atoms in total. The zero-order chi connectivity index (χ0) is 15.6. The quantitative estimate of drug-likeness (QED) is 0.544. The minimum absolute atomic E-state index is 0.131. The van der Waals surface area contributed by atoms with Crippen LogP contribution in [-0.2, 0) is 0 Å². The number of hydrogen-bond acceptors (Lipinski definition) is 3. The molecule has 0 spiro atoms. The molecule has 110 valence electrons. The Hall–Kier alpha value is -1.27. The fraction of sp³-hybridized carbons (Fsp3) is 0.188. The summed E-state index contributed by atoms with van der Waals surface area (Å²) in [5.74, 6) is 0.847. The molecule has 0 bridgehead atoms. The minimum atomic E-state index is -0.131. The molecule has 5 heteroatoms. The molecule has 0 atom stereocenters. The number of ketones is 1. The van der Waals surface area contributed by atoms with E-state index in [-0.39, 0.29) is 5.78 Å².